The van der Waals surface area contributed by atoms with E-state index in [-0.39, 0.29) is 10.8 Å². The first kappa shape index (κ1) is 21.1. The van der Waals surface area contributed by atoms with Crippen LogP contribution in [0.5, 0.6) is 17.2 Å². The molecule has 170 valence electrons. The highest BCUT2D eigenvalue weighted by molar-refractivity contribution is 7.92. The summed E-state index contributed by atoms with van der Waals surface area (Å²) in [5.74, 6) is 1.40. The average molecular weight is 467 g/mol. The minimum Gasteiger partial charge on any atom is -0.490 e. The fourth-order valence-corrected chi connectivity index (χ4v) is 4.77. The molecule has 0 saturated carbocycles. The monoisotopic (exact) mass is 466 g/mol. The van der Waals surface area contributed by atoms with Crippen LogP contribution in [-0.2, 0) is 21.2 Å². The fourth-order valence-electron chi connectivity index (χ4n) is 3.70. The zero-order chi connectivity index (χ0) is 22.8. The molecule has 0 fully saturated rings. The second kappa shape index (κ2) is 8.67. The highest BCUT2D eigenvalue weighted by Gasteiger charge is 2.28. The topological polar surface area (TPSA) is 103 Å². The Hall–Kier alpha value is -3.72. The molecule has 5 rings (SSSR count). The number of sulfonamides is 1. The van der Waals surface area contributed by atoms with E-state index in [0.717, 1.165) is 17.7 Å². The van der Waals surface area contributed by atoms with Gasteiger partial charge < -0.3 is 19.5 Å². The van der Waals surface area contributed by atoms with Crippen LogP contribution >= 0.6 is 0 Å². The van der Waals surface area contributed by atoms with Crippen molar-refractivity contribution in [2.75, 3.05) is 23.3 Å². The number of ether oxygens (including phenoxy) is 3. The summed E-state index contributed by atoms with van der Waals surface area (Å²) in [5.41, 5.74) is 1.90. The third kappa shape index (κ3) is 4.58. The smallest absolute Gasteiger partial charge is 0.265 e. The number of fused-ring (bicyclic) bond motifs is 2. The molecule has 0 aliphatic carbocycles. The highest BCUT2D eigenvalue weighted by atomic mass is 32.2. The van der Waals surface area contributed by atoms with Crippen LogP contribution in [-0.4, -0.2) is 33.6 Å². The van der Waals surface area contributed by atoms with Crippen molar-refractivity contribution in [2.45, 2.75) is 23.8 Å². The van der Waals surface area contributed by atoms with E-state index in [1.165, 1.54) is 12.1 Å². The van der Waals surface area contributed by atoms with Crippen molar-refractivity contribution in [3.05, 3.63) is 72.3 Å². The lowest BCUT2D eigenvalue weighted by molar-refractivity contribution is -0.122. The Labute approximate surface area is 191 Å². The molecule has 3 aromatic rings. The number of hydrogen-bond donors (Lipinski definition) is 2. The van der Waals surface area contributed by atoms with Crippen LogP contribution in [0.15, 0.2) is 71.6 Å². The second-order valence-corrected chi connectivity index (χ2v) is 9.43. The van der Waals surface area contributed by atoms with Gasteiger partial charge in [-0.2, -0.15) is 0 Å². The average Bonchev–Trinajstić information content (AvgIpc) is 3.11. The number of hydrogen-bond acceptors (Lipinski definition) is 6. The van der Waals surface area contributed by atoms with Gasteiger partial charge in [0.1, 0.15) is 5.75 Å². The maximum absolute atomic E-state index is 12.8. The second-order valence-electron chi connectivity index (χ2n) is 7.75. The molecule has 0 aromatic heterocycles. The van der Waals surface area contributed by atoms with E-state index in [9.17, 15) is 13.2 Å². The van der Waals surface area contributed by atoms with Gasteiger partial charge in [-0.25, -0.2) is 8.42 Å². The molecule has 1 atom stereocenters. The summed E-state index contributed by atoms with van der Waals surface area (Å²) in [7, 11) is -3.83. The van der Waals surface area contributed by atoms with Crippen LogP contribution in [0.2, 0.25) is 0 Å². The quantitative estimate of drug-likeness (QED) is 0.596. The zero-order valence-corrected chi connectivity index (χ0v) is 18.4. The van der Waals surface area contributed by atoms with Crippen molar-refractivity contribution in [1.29, 1.82) is 0 Å². The maximum atomic E-state index is 12.8. The largest absolute Gasteiger partial charge is 0.490 e. The summed E-state index contributed by atoms with van der Waals surface area (Å²) >= 11 is 0. The van der Waals surface area contributed by atoms with Gasteiger partial charge in [-0.05, 0) is 48.0 Å². The number of amides is 1. The number of nitrogens with one attached hydrogen (secondary N) is 2. The van der Waals surface area contributed by atoms with Crippen molar-refractivity contribution in [1.82, 2.24) is 0 Å². The van der Waals surface area contributed by atoms with Crippen LogP contribution in [0.3, 0.4) is 0 Å². The number of para-hydroxylation sites is 1. The number of benzene rings is 3. The van der Waals surface area contributed by atoms with Crippen LogP contribution in [0.4, 0.5) is 11.4 Å². The molecular formula is C24H22N2O6S. The zero-order valence-electron chi connectivity index (χ0n) is 17.6. The SMILES string of the molecule is O=C(Nc1ccc(NS(=O)(=O)c2ccc3c(c2)OCCCO3)cc1)[C@H]1Cc2ccccc2O1. The lowest BCUT2D eigenvalue weighted by Gasteiger charge is -2.13. The first-order valence-corrected chi connectivity index (χ1v) is 12.0. The molecule has 0 saturated heterocycles. The number of carbonyl (C=O) groups excluding carboxylic acids is 1. The summed E-state index contributed by atoms with van der Waals surface area (Å²) in [6.45, 7) is 0.995. The van der Waals surface area contributed by atoms with E-state index >= 15 is 0 Å². The molecule has 1 amide bonds. The standard InChI is InChI=1S/C24H22N2O6S/c27-24(23-14-16-4-1-2-5-20(16)32-23)25-17-6-8-18(9-7-17)26-33(28,29)19-10-11-21-22(15-19)31-13-3-12-30-21/h1-2,4-11,15,23,26H,3,12-14H2,(H,25,27)/t23-/m1/s1. The van der Waals surface area contributed by atoms with E-state index in [1.54, 1.807) is 30.3 Å². The van der Waals surface area contributed by atoms with Gasteiger partial charge in [0, 0.05) is 30.3 Å². The van der Waals surface area contributed by atoms with Crippen LogP contribution in [0.25, 0.3) is 0 Å². The molecule has 2 N–H and O–H groups in total. The maximum Gasteiger partial charge on any atom is 0.265 e. The minimum atomic E-state index is -3.83. The molecule has 2 aliphatic rings. The van der Waals surface area contributed by atoms with Gasteiger partial charge in [0.05, 0.1) is 18.1 Å². The Morgan fingerprint density at radius 1 is 0.848 bits per heavy atom. The molecule has 0 spiro atoms. The Morgan fingerprint density at radius 2 is 1.58 bits per heavy atom. The summed E-state index contributed by atoms with van der Waals surface area (Å²) in [6.07, 6.45) is 0.646. The normalized spacial score (nSPS) is 16.8. The van der Waals surface area contributed by atoms with Crippen molar-refractivity contribution in [2.24, 2.45) is 0 Å². The van der Waals surface area contributed by atoms with Gasteiger partial charge >= 0.3 is 0 Å². The van der Waals surface area contributed by atoms with Gasteiger partial charge in [0.25, 0.3) is 15.9 Å². The Morgan fingerprint density at radius 3 is 2.36 bits per heavy atom. The third-order valence-corrected chi connectivity index (χ3v) is 6.75. The molecular weight excluding hydrogens is 444 g/mol. The van der Waals surface area contributed by atoms with E-state index in [4.69, 9.17) is 14.2 Å². The number of carbonyl (C=O) groups is 1. The van der Waals surface area contributed by atoms with Gasteiger partial charge in [0.15, 0.2) is 17.6 Å². The van der Waals surface area contributed by atoms with E-state index in [1.807, 2.05) is 24.3 Å². The lowest BCUT2D eigenvalue weighted by atomic mass is 10.1. The summed E-state index contributed by atoms with van der Waals surface area (Å²) < 4.78 is 45.0. The molecule has 33 heavy (non-hydrogen) atoms. The molecule has 0 radical (unpaired) electrons. The fraction of sp³-hybridized carbons (Fsp3) is 0.208. The van der Waals surface area contributed by atoms with Crippen LogP contribution in [0, 0.1) is 0 Å². The number of anilines is 2. The summed E-state index contributed by atoms with van der Waals surface area (Å²) in [5, 5.41) is 2.81. The minimum absolute atomic E-state index is 0.0714. The lowest BCUT2D eigenvalue weighted by Crippen LogP contribution is -2.31. The Bertz CT molecular complexity index is 1270. The van der Waals surface area contributed by atoms with Crippen molar-refractivity contribution in [3.63, 3.8) is 0 Å². The van der Waals surface area contributed by atoms with Crippen molar-refractivity contribution >= 4 is 27.3 Å². The van der Waals surface area contributed by atoms with E-state index in [0.29, 0.717) is 42.5 Å². The number of rotatable bonds is 5. The van der Waals surface area contributed by atoms with Crippen LogP contribution in [0.1, 0.15) is 12.0 Å². The van der Waals surface area contributed by atoms with Crippen molar-refractivity contribution < 1.29 is 27.4 Å². The predicted molar refractivity (Wildman–Crippen MR) is 122 cm³/mol. The predicted octanol–water partition coefficient (Wildman–Crippen LogP) is 3.59. The van der Waals surface area contributed by atoms with Gasteiger partial charge in [-0.1, -0.05) is 18.2 Å². The molecule has 8 nitrogen and oxygen atoms in total. The molecule has 0 unspecified atom stereocenters. The molecule has 9 heteroatoms. The van der Waals surface area contributed by atoms with Gasteiger partial charge in [-0.15, -0.1) is 0 Å². The summed E-state index contributed by atoms with van der Waals surface area (Å²) in [4.78, 5) is 12.6. The third-order valence-electron chi connectivity index (χ3n) is 5.37. The summed E-state index contributed by atoms with van der Waals surface area (Å²) in [6, 6.07) is 18.5. The highest BCUT2D eigenvalue weighted by Crippen LogP contribution is 2.33. The van der Waals surface area contributed by atoms with Gasteiger partial charge in [-0.3, -0.25) is 9.52 Å². The molecule has 2 aliphatic heterocycles. The van der Waals surface area contributed by atoms with Crippen molar-refractivity contribution in [3.8, 4) is 17.2 Å². The molecule has 3 aromatic carbocycles. The van der Waals surface area contributed by atoms with Gasteiger partial charge in [0.2, 0.25) is 0 Å². The van der Waals surface area contributed by atoms with E-state index in [2.05, 4.69) is 10.0 Å². The molecule has 2 heterocycles. The Kier molecular flexibility index (Phi) is 5.55. The Balaban J connectivity index is 1.23. The first-order valence-electron chi connectivity index (χ1n) is 10.6. The molecule has 0 bridgehead atoms. The van der Waals surface area contributed by atoms with Crippen LogP contribution < -0.4 is 24.2 Å². The van der Waals surface area contributed by atoms with E-state index < -0.39 is 16.1 Å². The first-order chi connectivity index (χ1) is 16.0.